The molecule has 0 aliphatic rings. The number of rotatable bonds is 4. The molecule has 0 saturated carbocycles. The first-order chi connectivity index (χ1) is 13.1. The van der Waals surface area contributed by atoms with Crippen LogP contribution in [-0.4, -0.2) is 19.9 Å². The second kappa shape index (κ2) is 6.95. The van der Waals surface area contributed by atoms with Gasteiger partial charge >= 0.3 is 0 Å². The van der Waals surface area contributed by atoms with E-state index in [-0.39, 0.29) is 11.6 Å². The lowest BCUT2D eigenvalue weighted by molar-refractivity contribution is 0.584. The number of nitrogens with one attached hydrogen (secondary N) is 2. The molecular weight excluding hydrogens is 345 g/mol. The summed E-state index contributed by atoms with van der Waals surface area (Å²) in [4.78, 5) is 26.3. The lowest BCUT2D eigenvalue weighted by atomic mass is 10.0. The summed E-state index contributed by atoms with van der Waals surface area (Å²) in [6.45, 7) is 1.99. The third-order valence-corrected chi connectivity index (χ3v) is 4.29. The molecule has 134 valence electrons. The van der Waals surface area contributed by atoms with E-state index in [1.165, 1.54) is 18.3 Å². The van der Waals surface area contributed by atoms with Crippen molar-refractivity contribution in [3.05, 3.63) is 82.8 Å². The Morgan fingerprint density at radius 2 is 1.85 bits per heavy atom. The zero-order valence-corrected chi connectivity index (χ0v) is 14.5. The first-order valence-electron chi connectivity index (χ1n) is 8.43. The largest absolute Gasteiger partial charge is 0.348 e. The van der Waals surface area contributed by atoms with Crippen molar-refractivity contribution < 1.29 is 4.39 Å². The van der Waals surface area contributed by atoms with E-state index in [0.29, 0.717) is 11.6 Å². The summed E-state index contributed by atoms with van der Waals surface area (Å²) in [6.07, 6.45) is 3.11. The number of fused-ring (bicyclic) bond motifs is 1. The second-order valence-electron chi connectivity index (χ2n) is 6.18. The monoisotopic (exact) mass is 361 g/mol. The molecule has 0 aliphatic heterocycles. The fourth-order valence-corrected chi connectivity index (χ4v) is 2.83. The van der Waals surface area contributed by atoms with E-state index in [1.54, 1.807) is 18.3 Å². The van der Waals surface area contributed by atoms with E-state index in [4.69, 9.17) is 0 Å². The normalized spacial score (nSPS) is 12.1. The number of anilines is 1. The molecule has 2 N–H and O–H groups in total. The number of H-pyrrole nitrogens is 1. The Labute approximate surface area is 154 Å². The molecule has 0 amide bonds. The van der Waals surface area contributed by atoms with Crippen LogP contribution in [0.25, 0.3) is 22.2 Å². The number of aromatic amines is 1. The zero-order valence-electron chi connectivity index (χ0n) is 14.5. The van der Waals surface area contributed by atoms with Crippen molar-refractivity contribution in [2.75, 3.05) is 5.32 Å². The molecule has 27 heavy (non-hydrogen) atoms. The van der Waals surface area contributed by atoms with E-state index in [0.717, 1.165) is 22.1 Å². The van der Waals surface area contributed by atoms with Gasteiger partial charge in [0.25, 0.3) is 0 Å². The summed E-state index contributed by atoms with van der Waals surface area (Å²) in [6, 6.07) is 14.0. The molecule has 3 aromatic heterocycles. The van der Waals surface area contributed by atoms with E-state index in [9.17, 15) is 9.18 Å². The Morgan fingerprint density at radius 3 is 2.63 bits per heavy atom. The summed E-state index contributed by atoms with van der Waals surface area (Å²) in [5.41, 5.74) is 2.99. The number of aromatic nitrogens is 4. The van der Waals surface area contributed by atoms with Gasteiger partial charge in [-0.15, -0.1) is 0 Å². The van der Waals surface area contributed by atoms with Crippen LogP contribution in [0.5, 0.6) is 0 Å². The summed E-state index contributed by atoms with van der Waals surface area (Å²) >= 11 is 0. The number of halogens is 1. The molecule has 3 heterocycles. The average molecular weight is 361 g/mol. The topological polar surface area (TPSA) is 83.6 Å². The minimum absolute atomic E-state index is 0.0545. The Morgan fingerprint density at radius 1 is 1.04 bits per heavy atom. The molecule has 0 radical (unpaired) electrons. The standard InChI is InChI=1S/C20H16FN5O/c1-12(24-20-23-11-16-6-7-18(27)25-19(16)26-20)13-2-4-14(5-3-13)15-8-9-22-17(21)10-15/h2-12H,1H3,(H2,23,24,25,26,27)/t12-/m0/s1. The van der Waals surface area contributed by atoms with Gasteiger partial charge in [-0.1, -0.05) is 24.3 Å². The van der Waals surface area contributed by atoms with Crippen LogP contribution in [-0.2, 0) is 0 Å². The average Bonchev–Trinajstić information content (AvgIpc) is 2.68. The Hall–Kier alpha value is -3.61. The summed E-state index contributed by atoms with van der Waals surface area (Å²) in [7, 11) is 0. The third kappa shape index (κ3) is 3.67. The minimum atomic E-state index is -0.502. The maximum Gasteiger partial charge on any atom is 0.249 e. The van der Waals surface area contributed by atoms with Gasteiger partial charge in [0.15, 0.2) is 0 Å². The van der Waals surface area contributed by atoms with E-state index in [1.807, 2.05) is 31.2 Å². The first kappa shape index (κ1) is 16.8. The zero-order chi connectivity index (χ0) is 18.8. The highest BCUT2D eigenvalue weighted by molar-refractivity contribution is 5.74. The predicted octanol–water partition coefficient (Wildman–Crippen LogP) is 3.69. The maximum absolute atomic E-state index is 13.3. The number of pyridine rings is 2. The Kier molecular flexibility index (Phi) is 4.33. The molecule has 0 bridgehead atoms. The first-order valence-corrected chi connectivity index (χ1v) is 8.43. The number of nitrogens with zero attached hydrogens (tertiary/aromatic N) is 3. The fourth-order valence-electron chi connectivity index (χ4n) is 2.83. The number of benzene rings is 1. The lowest BCUT2D eigenvalue weighted by Gasteiger charge is -2.15. The molecule has 4 aromatic rings. The predicted molar refractivity (Wildman–Crippen MR) is 102 cm³/mol. The number of hydrogen-bond acceptors (Lipinski definition) is 5. The number of hydrogen-bond donors (Lipinski definition) is 2. The van der Waals surface area contributed by atoms with Crippen molar-refractivity contribution in [2.24, 2.45) is 0 Å². The molecule has 0 saturated heterocycles. The Balaban J connectivity index is 1.54. The van der Waals surface area contributed by atoms with Gasteiger partial charge in [0.1, 0.15) is 5.65 Å². The fraction of sp³-hybridized carbons (Fsp3) is 0.100. The van der Waals surface area contributed by atoms with Crippen LogP contribution in [0, 0.1) is 5.95 Å². The van der Waals surface area contributed by atoms with Gasteiger partial charge in [0.2, 0.25) is 17.5 Å². The van der Waals surface area contributed by atoms with Gasteiger partial charge in [-0.2, -0.15) is 9.37 Å². The van der Waals surface area contributed by atoms with E-state index < -0.39 is 5.95 Å². The molecule has 4 rings (SSSR count). The summed E-state index contributed by atoms with van der Waals surface area (Å²) in [5, 5.41) is 3.99. The Bertz CT molecular complexity index is 1160. The molecule has 6 nitrogen and oxygen atoms in total. The molecule has 0 aliphatic carbocycles. The van der Waals surface area contributed by atoms with Crippen LogP contribution >= 0.6 is 0 Å². The molecule has 1 atom stereocenters. The van der Waals surface area contributed by atoms with Crippen molar-refractivity contribution in [1.29, 1.82) is 0 Å². The van der Waals surface area contributed by atoms with Crippen molar-refractivity contribution in [1.82, 2.24) is 19.9 Å². The van der Waals surface area contributed by atoms with Crippen LogP contribution in [0.15, 0.2) is 65.7 Å². The molecular formula is C20H16FN5O. The van der Waals surface area contributed by atoms with Gasteiger partial charge in [0, 0.05) is 29.9 Å². The quantitative estimate of drug-likeness (QED) is 0.542. The van der Waals surface area contributed by atoms with Crippen LogP contribution in [0.4, 0.5) is 10.3 Å². The van der Waals surface area contributed by atoms with Crippen LogP contribution in [0.3, 0.4) is 0 Å². The van der Waals surface area contributed by atoms with Crippen molar-refractivity contribution >= 4 is 17.0 Å². The SMILES string of the molecule is C[C@H](Nc1ncc2ccc(=O)[nH]c2n1)c1ccc(-c2ccnc(F)c2)cc1. The van der Waals surface area contributed by atoms with E-state index >= 15 is 0 Å². The van der Waals surface area contributed by atoms with Gasteiger partial charge < -0.3 is 10.3 Å². The van der Waals surface area contributed by atoms with E-state index in [2.05, 4.69) is 25.3 Å². The molecule has 1 aromatic carbocycles. The minimum Gasteiger partial charge on any atom is -0.348 e. The van der Waals surface area contributed by atoms with Crippen LogP contribution in [0.1, 0.15) is 18.5 Å². The third-order valence-electron chi connectivity index (χ3n) is 4.29. The highest BCUT2D eigenvalue weighted by atomic mass is 19.1. The van der Waals surface area contributed by atoms with Gasteiger partial charge in [-0.3, -0.25) is 4.79 Å². The van der Waals surface area contributed by atoms with Crippen molar-refractivity contribution in [3.8, 4) is 11.1 Å². The molecule has 0 fully saturated rings. The van der Waals surface area contributed by atoms with Gasteiger partial charge in [-0.05, 0) is 35.7 Å². The van der Waals surface area contributed by atoms with Gasteiger partial charge in [0.05, 0.1) is 6.04 Å². The summed E-state index contributed by atoms with van der Waals surface area (Å²) < 4.78 is 13.3. The molecule has 7 heteroatoms. The van der Waals surface area contributed by atoms with Crippen molar-refractivity contribution in [3.63, 3.8) is 0 Å². The summed E-state index contributed by atoms with van der Waals surface area (Å²) in [5.74, 6) is -0.0739. The molecule has 0 unspecified atom stereocenters. The lowest BCUT2D eigenvalue weighted by Crippen LogP contribution is -2.11. The van der Waals surface area contributed by atoms with Crippen LogP contribution in [0.2, 0.25) is 0 Å². The second-order valence-corrected chi connectivity index (χ2v) is 6.18. The maximum atomic E-state index is 13.3. The highest BCUT2D eigenvalue weighted by Crippen LogP contribution is 2.23. The highest BCUT2D eigenvalue weighted by Gasteiger charge is 2.09. The molecule has 0 spiro atoms. The van der Waals surface area contributed by atoms with Crippen LogP contribution < -0.4 is 10.9 Å². The van der Waals surface area contributed by atoms with Crippen molar-refractivity contribution in [2.45, 2.75) is 13.0 Å². The smallest absolute Gasteiger partial charge is 0.249 e. The van der Waals surface area contributed by atoms with Gasteiger partial charge in [-0.25, -0.2) is 9.97 Å².